The molecule has 1 N–H and O–H groups in total. The first-order chi connectivity index (χ1) is 14.2. The van der Waals surface area contributed by atoms with Crippen molar-refractivity contribution in [3.05, 3.63) is 30.0 Å². The Balaban J connectivity index is 1.46. The van der Waals surface area contributed by atoms with Crippen LogP contribution in [0.4, 0.5) is 13.2 Å². The molecule has 0 saturated carbocycles. The molecule has 2 aliphatic heterocycles. The molecule has 5 nitrogen and oxygen atoms in total. The Hall–Kier alpha value is -2.22. The van der Waals surface area contributed by atoms with Gasteiger partial charge in [0.1, 0.15) is 23.6 Å². The first kappa shape index (κ1) is 21.0. The van der Waals surface area contributed by atoms with Gasteiger partial charge in [-0.1, -0.05) is 0 Å². The number of hydrogen-bond donors (Lipinski definition) is 1. The third-order valence-corrected chi connectivity index (χ3v) is 6.22. The summed E-state index contributed by atoms with van der Waals surface area (Å²) < 4.78 is 45.8. The molecule has 1 unspecified atom stereocenters. The molecule has 2 aromatic rings. The van der Waals surface area contributed by atoms with Crippen LogP contribution in [0, 0.1) is 0 Å². The lowest BCUT2D eigenvalue weighted by molar-refractivity contribution is -0.169. The number of ether oxygens (including phenoxy) is 1. The highest BCUT2D eigenvalue weighted by Gasteiger charge is 2.48. The molecule has 30 heavy (non-hydrogen) atoms. The molecule has 2 saturated heterocycles. The SMILES string of the molecule is CC(C)N1CCC(Oc2ccc3[nH]c(C(=O)N4CCCC4C(F)(F)F)cc3c2)CC1. The zero-order valence-electron chi connectivity index (χ0n) is 17.3. The van der Waals surface area contributed by atoms with Gasteiger partial charge in [-0.2, -0.15) is 13.2 Å². The summed E-state index contributed by atoms with van der Waals surface area (Å²) in [7, 11) is 0. The van der Waals surface area contributed by atoms with Crippen LogP contribution in [0.15, 0.2) is 24.3 Å². The van der Waals surface area contributed by atoms with E-state index in [1.165, 1.54) is 0 Å². The molecule has 3 heterocycles. The molecule has 2 aliphatic rings. The fraction of sp³-hybridized carbons (Fsp3) is 0.591. The fourth-order valence-electron chi connectivity index (χ4n) is 4.51. The lowest BCUT2D eigenvalue weighted by Gasteiger charge is -2.34. The standard InChI is InChI=1S/C22H28F3N3O2/c1-14(2)27-10-7-16(8-11-27)30-17-5-6-18-15(12-17)13-19(26-18)21(29)28-9-3-4-20(28)22(23,24)25/h5-6,12-14,16,20,26H,3-4,7-11H2,1-2H3. The van der Waals surface area contributed by atoms with Crippen LogP contribution in [0.3, 0.4) is 0 Å². The van der Waals surface area contributed by atoms with Crippen molar-refractivity contribution in [1.82, 2.24) is 14.8 Å². The average molecular weight is 423 g/mol. The van der Waals surface area contributed by atoms with E-state index in [2.05, 4.69) is 23.7 Å². The predicted octanol–water partition coefficient (Wildman–Crippen LogP) is 4.59. The number of carbonyl (C=O) groups excluding carboxylic acids is 1. The molecule has 1 aromatic heterocycles. The summed E-state index contributed by atoms with van der Waals surface area (Å²) in [5.74, 6) is 0.118. The van der Waals surface area contributed by atoms with Gasteiger partial charge >= 0.3 is 6.18 Å². The number of aromatic amines is 1. The van der Waals surface area contributed by atoms with Crippen LogP contribution in [-0.2, 0) is 0 Å². The van der Waals surface area contributed by atoms with Crippen molar-refractivity contribution in [1.29, 1.82) is 0 Å². The maximum Gasteiger partial charge on any atom is 0.408 e. The van der Waals surface area contributed by atoms with E-state index in [0.717, 1.165) is 42.0 Å². The van der Waals surface area contributed by atoms with E-state index >= 15 is 0 Å². The van der Waals surface area contributed by atoms with Crippen LogP contribution in [0.1, 0.15) is 50.0 Å². The highest BCUT2D eigenvalue weighted by atomic mass is 19.4. The number of alkyl halides is 3. The van der Waals surface area contributed by atoms with Crippen LogP contribution in [0.2, 0.25) is 0 Å². The summed E-state index contributed by atoms with van der Waals surface area (Å²) in [5, 5.41) is 0.762. The highest BCUT2D eigenvalue weighted by molar-refractivity contribution is 5.98. The Kier molecular flexibility index (Phi) is 5.70. The van der Waals surface area contributed by atoms with Gasteiger partial charge in [0.2, 0.25) is 0 Å². The number of amides is 1. The summed E-state index contributed by atoms with van der Waals surface area (Å²) >= 11 is 0. The number of fused-ring (bicyclic) bond motifs is 1. The molecule has 0 bridgehead atoms. The van der Waals surface area contributed by atoms with Crippen LogP contribution >= 0.6 is 0 Å². The van der Waals surface area contributed by atoms with Crippen molar-refractivity contribution >= 4 is 16.8 Å². The summed E-state index contributed by atoms with van der Waals surface area (Å²) in [6, 6.07) is 5.96. The van der Waals surface area contributed by atoms with Gasteiger partial charge < -0.3 is 19.5 Å². The first-order valence-electron chi connectivity index (χ1n) is 10.6. The van der Waals surface area contributed by atoms with Crippen molar-refractivity contribution in [2.24, 2.45) is 0 Å². The molecule has 0 radical (unpaired) electrons. The minimum Gasteiger partial charge on any atom is -0.490 e. The summed E-state index contributed by atoms with van der Waals surface area (Å²) in [6.07, 6.45) is -2.01. The number of carbonyl (C=O) groups is 1. The van der Waals surface area contributed by atoms with Crippen molar-refractivity contribution in [3.8, 4) is 5.75 Å². The normalized spacial score (nSPS) is 21.7. The Labute approximate surface area is 174 Å². The second kappa shape index (κ2) is 8.13. The minimum atomic E-state index is -4.40. The number of H-pyrrole nitrogens is 1. The Morgan fingerprint density at radius 3 is 2.53 bits per heavy atom. The zero-order valence-corrected chi connectivity index (χ0v) is 17.3. The van der Waals surface area contributed by atoms with Gasteiger partial charge in [-0.25, -0.2) is 0 Å². The minimum absolute atomic E-state index is 0.0386. The highest BCUT2D eigenvalue weighted by Crippen LogP contribution is 2.34. The molecule has 1 atom stereocenters. The lowest BCUT2D eigenvalue weighted by atomic mass is 10.1. The van der Waals surface area contributed by atoms with Gasteiger partial charge in [-0.05, 0) is 63.8 Å². The van der Waals surface area contributed by atoms with Crippen molar-refractivity contribution in [2.75, 3.05) is 19.6 Å². The van der Waals surface area contributed by atoms with Crippen molar-refractivity contribution in [3.63, 3.8) is 0 Å². The molecule has 2 fully saturated rings. The first-order valence-corrected chi connectivity index (χ1v) is 10.6. The zero-order chi connectivity index (χ0) is 21.5. The van der Waals surface area contributed by atoms with Crippen LogP contribution in [0.5, 0.6) is 5.75 Å². The van der Waals surface area contributed by atoms with Crippen LogP contribution in [0.25, 0.3) is 10.9 Å². The number of halogens is 3. The second-order valence-corrected chi connectivity index (χ2v) is 8.58. The number of likely N-dealkylation sites (tertiary alicyclic amines) is 2. The van der Waals surface area contributed by atoms with E-state index < -0.39 is 18.1 Å². The smallest absolute Gasteiger partial charge is 0.408 e. The summed E-state index contributed by atoms with van der Waals surface area (Å²) in [6.45, 7) is 6.52. The molecule has 1 amide bonds. The number of nitrogens with zero attached hydrogens (tertiary/aromatic N) is 2. The summed E-state index contributed by atoms with van der Waals surface area (Å²) in [5.41, 5.74) is 0.895. The largest absolute Gasteiger partial charge is 0.490 e. The molecule has 164 valence electrons. The van der Waals surface area contributed by atoms with E-state index in [9.17, 15) is 18.0 Å². The number of hydrogen-bond acceptors (Lipinski definition) is 3. The molecule has 0 spiro atoms. The van der Waals surface area contributed by atoms with Crippen molar-refractivity contribution in [2.45, 2.75) is 63.9 Å². The molecule has 8 heteroatoms. The van der Waals surface area contributed by atoms with Gasteiger partial charge in [-0.15, -0.1) is 0 Å². The quantitative estimate of drug-likeness (QED) is 0.783. The van der Waals surface area contributed by atoms with Gasteiger partial charge in [0, 0.05) is 36.6 Å². The Bertz CT molecular complexity index is 901. The predicted molar refractivity (Wildman–Crippen MR) is 109 cm³/mol. The van der Waals surface area contributed by atoms with Gasteiger partial charge in [0.25, 0.3) is 5.91 Å². The number of rotatable bonds is 4. The molecule has 4 rings (SSSR count). The van der Waals surface area contributed by atoms with E-state index in [0.29, 0.717) is 18.0 Å². The molecule has 0 aliphatic carbocycles. The number of benzene rings is 1. The van der Waals surface area contributed by atoms with E-state index in [1.807, 2.05) is 18.2 Å². The van der Waals surface area contributed by atoms with Gasteiger partial charge in [0.15, 0.2) is 0 Å². The number of aromatic nitrogens is 1. The maximum atomic E-state index is 13.2. The average Bonchev–Trinajstić information content (AvgIpc) is 3.34. The van der Waals surface area contributed by atoms with Crippen molar-refractivity contribution < 1.29 is 22.7 Å². The molecular formula is C22H28F3N3O2. The number of nitrogens with one attached hydrogen (secondary N) is 1. The molecular weight excluding hydrogens is 395 g/mol. The van der Waals surface area contributed by atoms with Crippen LogP contribution in [-0.4, -0.2) is 64.7 Å². The van der Waals surface area contributed by atoms with E-state index in [-0.39, 0.29) is 24.8 Å². The fourth-order valence-corrected chi connectivity index (χ4v) is 4.51. The monoisotopic (exact) mass is 423 g/mol. The Morgan fingerprint density at radius 2 is 1.87 bits per heavy atom. The topological polar surface area (TPSA) is 48.6 Å². The summed E-state index contributed by atoms with van der Waals surface area (Å²) in [4.78, 5) is 19.1. The maximum absolute atomic E-state index is 13.2. The Morgan fingerprint density at radius 1 is 1.13 bits per heavy atom. The van der Waals surface area contributed by atoms with Crippen LogP contribution < -0.4 is 4.74 Å². The third kappa shape index (κ3) is 4.29. The lowest BCUT2D eigenvalue weighted by Crippen LogP contribution is -2.44. The third-order valence-electron chi connectivity index (χ3n) is 6.22. The van der Waals surface area contributed by atoms with E-state index in [1.54, 1.807) is 6.07 Å². The number of piperidine rings is 1. The van der Waals surface area contributed by atoms with Gasteiger partial charge in [0.05, 0.1) is 0 Å². The van der Waals surface area contributed by atoms with E-state index in [4.69, 9.17) is 4.74 Å². The molecule has 1 aromatic carbocycles. The van der Waals surface area contributed by atoms with Gasteiger partial charge in [-0.3, -0.25) is 4.79 Å². The second-order valence-electron chi connectivity index (χ2n) is 8.58.